The minimum atomic E-state index is -0.153. The van der Waals surface area contributed by atoms with Crippen LogP contribution in [0.5, 0.6) is 11.6 Å². The Bertz CT molecular complexity index is 1200. The summed E-state index contributed by atoms with van der Waals surface area (Å²) in [6, 6.07) is 16.3. The fraction of sp³-hybridized carbons (Fsp3) is 0.0909. The molecule has 0 aliphatic heterocycles. The van der Waals surface area contributed by atoms with Gasteiger partial charge < -0.3 is 10.1 Å². The molecule has 0 saturated heterocycles. The fourth-order valence-corrected chi connectivity index (χ4v) is 3.45. The van der Waals surface area contributed by atoms with Gasteiger partial charge >= 0.3 is 0 Å². The number of nitrogens with one attached hydrogen (secondary N) is 1. The Kier molecular flexibility index (Phi) is 5.75. The number of hydrogen-bond acceptors (Lipinski definition) is 5. The minimum absolute atomic E-state index is 0.153. The molecular formula is C22H18IN5O2. The lowest BCUT2D eigenvalue weighted by atomic mass is 10.2. The van der Waals surface area contributed by atoms with Gasteiger partial charge in [0, 0.05) is 21.0 Å². The normalized spacial score (nSPS) is 10.6. The molecule has 1 N–H and O–H groups in total. The number of rotatable bonds is 5. The summed E-state index contributed by atoms with van der Waals surface area (Å²) in [5.41, 5.74) is 3.27. The first-order valence-corrected chi connectivity index (χ1v) is 10.3. The fourth-order valence-electron chi connectivity index (χ4n) is 2.82. The van der Waals surface area contributed by atoms with Gasteiger partial charge in [0.15, 0.2) is 0 Å². The van der Waals surface area contributed by atoms with Crippen LogP contribution in [0.3, 0.4) is 0 Å². The maximum Gasteiger partial charge on any atom is 0.256 e. The summed E-state index contributed by atoms with van der Waals surface area (Å²) in [5.74, 6) is 1.55. The van der Waals surface area contributed by atoms with Crippen LogP contribution in [-0.4, -0.2) is 25.4 Å². The Hall–Kier alpha value is -3.27. The van der Waals surface area contributed by atoms with Crippen molar-refractivity contribution >= 4 is 34.2 Å². The molecule has 30 heavy (non-hydrogen) atoms. The summed E-state index contributed by atoms with van der Waals surface area (Å²) in [6.45, 7) is 3.93. The second-order valence-electron chi connectivity index (χ2n) is 6.56. The van der Waals surface area contributed by atoms with Crippen molar-refractivity contribution in [2.24, 2.45) is 0 Å². The number of ether oxygens (including phenoxy) is 1. The summed E-state index contributed by atoms with van der Waals surface area (Å²) < 4.78 is 8.63. The molecule has 0 atom stereocenters. The van der Waals surface area contributed by atoms with Gasteiger partial charge in [0.05, 0.1) is 11.3 Å². The van der Waals surface area contributed by atoms with Gasteiger partial charge in [0.2, 0.25) is 5.88 Å². The van der Waals surface area contributed by atoms with Crippen molar-refractivity contribution in [2.75, 3.05) is 5.32 Å². The van der Waals surface area contributed by atoms with Crippen LogP contribution in [0.4, 0.5) is 5.69 Å². The molecule has 8 heteroatoms. The van der Waals surface area contributed by atoms with E-state index in [0.717, 1.165) is 15.0 Å². The summed E-state index contributed by atoms with van der Waals surface area (Å²) in [5, 5.41) is 2.89. The van der Waals surface area contributed by atoms with E-state index in [1.165, 1.54) is 6.33 Å². The quantitative estimate of drug-likeness (QED) is 0.385. The van der Waals surface area contributed by atoms with Gasteiger partial charge in [0.25, 0.3) is 5.91 Å². The van der Waals surface area contributed by atoms with Gasteiger partial charge in [-0.1, -0.05) is 12.1 Å². The number of hydrogen-bond donors (Lipinski definition) is 1. The van der Waals surface area contributed by atoms with Crippen molar-refractivity contribution in [3.05, 3.63) is 87.8 Å². The van der Waals surface area contributed by atoms with Crippen LogP contribution >= 0.6 is 22.6 Å². The molecule has 0 saturated carbocycles. The van der Waals surface area contributed by atoms with E-state index in [-0.39, 0.29) is 5.91 Å². The highest BCUT2D eigenvalue weighted by Crippen LogP contribution is 2.23. The smallest absolute Gasteiger partial charge is 0.256 e. The SMILES string of the molecule is Cc1ncn(-c2cc(Oc3ccc(NC(=O)c4ccccc4I)cc3)ncn2)c1C. The largest absolute Gasteiger partial charge is 0.439 e. The molecule has 0 radical (unpaired) electrons. The van der Waals surface area contributed by atoms with E-state index in [4.69, 9.17) is 4.74 Å². The van der Waals surface area contributed by atoms with Crippen molar-refractivity contribution < 1.29 is 9.53 Å². The second kappa shape index (κ2) is 8.62. The molecule has 0 bridgehead atoms. The van der Waals surface area contributed by atoms with Crippen LogP contribution < -0.4 is 10.1 Å². The van der Waals surface area contributed by atoms with Crippen LogP contribution in [0.25, 0.3) is 5.82 Å². The zero-order valence-electron chi connectivity index (χ0n) is 16.3. The van der Waals surface area contributed by atoms with Gasteiger partial charge in [-0.25, -0.2) is 15.0 Å². The number of carbonyl (C=O) groups is 1. The van der Waals surface area contributed by atoms with Gasteiger partial charge in [-0.2, -0.15) is 0 Å². The lowest BCUT2D eigenvalue weighted by Gasteiger charge is -2.09. The molecule has 1 amide bonds. The first-order chi connectivity index (χ1) is 14.5. The van der Waals surface area contributed by atoms with Gasteiger partial charge in [-0.05, 0) is 72.8 Å². The average Bonchev–Trinajstić information content (AvgIpc) is 3.08. The first kappa shape index (κ1) is 20.0. The minimum Gasteiger partial charge on any atom is -0.439 e. The van der Waals surface area contributed by atoms with Crippen molar-refractivity contribution in [3.8, 4) is 17.4 Å². The number of halogens is 1. The van der Waals surface area contributed by atoms with E-state index in [0.29, 0.717) is 28.7 Å². The van der Waals surface area contributed by atoms with Crippen molar-refractivity contribution in [1.82, 2.24) is 19.5 Å². The average molecular weight is 511 g/mol. The molecular weight excluding hydrogens is 493 g/mol. The number of anilines is 1. The molecule has 150 valence electrons. The zero-order valence-corrected chi connectivity index (χ0v) is 18.5. The van der Waals surface area contributed by atoms with E-state index < -0.39 is 0 Å². The third-order valence-electron chi connectivity index (χ3n) is 4.58. The van der Waals surface area contributed by atoms with E-state index in [1.807, 2.05) is 36.6 Å². The molecule has 0 aliphatic carbocycles. The highest BCUT2D eigenvalue weighted by Gasteiger charge is 2.10. The monoisotopic (exact) mass is 511 g/mol. The van der Waals surface area contributed by atoms with Gasteiger partial charge in [0.1, 0.15) is 24.2 Å². The van der Waals surface area contributed by atoms with Gasteiger partial charge in [-0.3, -0.25) is 9.36 Å². The van der Waals surface area contributed by atoms with Crippen molar-refractivity contribution in [3.63, 3.8) is 0 Å². The molecule has 0 fully saturated rings. The van der Waals surface area contributed by atoms with E-state index in [2.05, 4.69) is 42.9 Å². The molecule has 4 aromatic rings. The Morgan fingerprint density at radius 1 is 1.03 bits per heavy atom. The van der Waals surface area contributed by atoms with Crippen LogP contribution in [-0.2, 0) is 0 Å². The van der Waals surface area contributed by atoms with E-state index in [9.17, 15) is 4.79 Å². The van der Waals surface area contributed by atoms with Gasteiger partial charge in [-0.15, -0.1) is 0 Å². The Morgan fingerprint density at radius 3 is 2.50 bits per heavy atom. The van der Waals surface area contributed by atoms with E-state index in [1.54, 1.807) is 42.7 Å². The van der Waals surface area contributed by atoms with Crippen LogP contribution in [0.2, 0.25) is 0 Å². The van der Waals surface area contributed by atoms with Crippen molar-refractivity contribution in [2.45, 2.75) is 13.8 Å². The number of aryl methyl sites for hydroxylation is 1. The molecule has 2 aromatic carbocycles. The highest BCUT2D eigenvalue weighted by molar-refractivity contribution is 14.1. The third kappa shape index (κ3) is 4.33. The van der Waals surface area contributed by atoms with Crippen LogP contribution in [0, 0.1) is 17.4 Å². The lowest BCUT2D eigenvalue weighted by Crippen LogP contribution is -2.13. The topological polar surface area (TPSA) is 81.9 Å². The number of aromatic nitrogens is 4. The molecule has 4 rings (SSSR count). The first-order valence-electron chi connectivity index (χ1n) is 9.18. The maximum absolute atomic E-state index is 12.4. The lowest BCUT2D eigenvalue weighted by molar-refractivity contribution is 0.102. The molecule has 0 unspecified atom stereocenters. The summed E-state index contributed by atoms with van der Waals surface area (Å²) in [6.07, 6.45) is 3.18. The Balaban J connectivity index is 1.46. The number of imidazole rings is 1. The molecule has 2 aromatic heterocycles. The molecule has 0 spiro atoms. The highest BCUT2D eigenvalue weighted by atomic mass is 127. The number of amides is 1. The third-order valence-corrected chi connectivity index (χ3v) is 5.52. The van der Waals surface area contributed by atoms with E-state index >= 15 is 0 Å². The predicted molar refractivity (Wildman–Crippen MR) is 122 cm³/mol. The number of benzene rings is 2. The summed E-state index contributed by atoms with van der Waals surface area (Å²) in [4.78, 5) is 25.2. The summed E-state index contributed by atoms with van der Waals surface area (Å²) in [7, 11) is 0. The van der Waals surface area contributed by atoms with Crippen molar-refractivity contribution in [1.29, 1.82) is 0 Å². The molecule has 0 aliphatic rings. The zero-order chi connectivity index (χ0) is 21.1. The predicted octanol–water partition coefficient (Wildman–Crippen LogP) is 4.93. The number of carbonyl (C=O) groups excluding carboxylic acids is 1. The molecule has 7 nitrogen and oxygen atoms in total. The van der Waals surface area contributed by atoms with Crippen LogP contribution in [0.15, 0.2) is 67.3 Å². The maximum atomic E-state index is 12.4. The standard InChI is InChI=1S/C22H18IN5O2/c1-14-15(2)28(13-26-14)20-11-21(25-12-24-20)30-17-9-7-16(8-10-17)27-22(29)18-5-3-4-6-19(18)23/h3-13H,1-2H3,(H,27,29). The second-order valence-corrected chi connectivity index (χ2v) is 7.72. The number of nitrogens with zero attached hydrogens (tertiary/aromatic N) is 4. The Labute approximate surface area is 187 Å². The molecule has 2 heterocycles. The van der Waals surface area contributed by atoms with Crippen LogP contribution in [0.1, 0.15) is 21.7 Å². The Morgan fingerprint density at radius 2 is 1.80 bits per heavy atom. The summed E-state index contributed by atoms with van der Waals surface area (Å²) >= 11 is 2.15.